The van der Waals surface area contributed by atoms with E-state index in [1.54, 1.807) is 0 Å². The highest BCUT2D eigenvalue weighted by atomic mass is 16.5. The fourth-order valence-corrected chi connectivity index (χ4v) is 0. The van der Waals surface area contributed by atoms with Crippen LogP contribution in [0, 0.1) is 6.79 Å². The summed E-state index contributed by atoms with van der Waals surface area (Å²) in [6.45, 7) is 3.31. The monoisotopic (exact) mass is 60.0 g/mol. The highest BCUT2D eigenvalue weighted by molar-refractivity contribution is 5.12. The quantitative estimate of drug-likeness (QED) is 0.419. The topological polar surface area (TPSA) is 31.5 Å². The van der Waals surface area contributed by atoms with Crippen LogP contribution in [0.3, 0.4) is 0 Å². The van der Waals surface area contributed by atoms with Crippen LogP contribution in [0.4, 0.5) is 0 Å². The Bertz CT molecular complexity index is 18.0. The van der Waals surface area contributed by atoms with Gasteiger partial charge in [-0.2, -0.15) is 0 Å². The summed E-state index contributed by atoms with van der Waals surface area (Å²) in [6, 6.07) is 0. The molecule has 0 spiro atoms. The summed E-state index contributed by atoms with van der Waals surface area (Å²) in [7, 11) is 0. The predicted octanol–water partition coefficient (Wildman–Crippen LogP) is -0.157. The second-order valence-electron chi connectivity index (χ2n) is 0.272. The molecule has 1 radical (unpaired) electrons. The fourth-order valence-electron chi connectivity index (χ4n) is 0. The summed E-state index contributed by atoms with van der Waals surface area (Å²) in [6.07, 6.45) is 0. The van der Waals surface area contributed by atoms with Crippen molar-refractivity contribution >= 4 is 6.79 Å². The third kappa shape index (κ3) is 1.63. The Hall–Kier alpha value is -0.370. The summed E-state index contributed by atoms with van der Waals surface area (Å²) in [4.78, 5) is 0. The molecule has 1 N–H and O–H groups in total. The van der Waals surface area contributed by atoms with Crippen molar-refractivity contribution in [3.63, 3.8) is 0 Å². The first kappa shape index (κ1) is 3.63. The summed E-state index contributed by atoms with van der Waals surface area (Å²) in [5.74, 6) is 0. The third-order valence-corrected chi connectivity index (χ3v) is 0.0745. The van der Waals surface area contributed by atoms with Crippen molar-refractivity contribution in [1.82, 2.24) is 0 Å². The van der Waals surface area contributed by atoms with Crippen LogP contribution in [-0.4, -0.2) is 11.9 Å². The summed E-state index contributed by atoms with van der Waals surface area (Å²) in [5, 5.41) is 7.47. The molecule has 0 fully saturated rings. The minimum absolute atomic E-state index is 0.514. The van der Waals surface area contributed by atoms with Crippen molar-refractivity contribution in [2.75, 3.05) is 0 Å². The van der Waals surface area contributed by atoms with Gasteiger partial charge in [0.1, 0.15) is 0 Å². The smallest absolute Gasteiger partial charge is 0.303 e. The molecule has 0 rings (SSSR count). The zero-order valence-corrected chi connectivity index (χ0v) is 2.14. The Morgan fingerprint density at radius 1 is 2.00 bits per heavy atom. The lowest BCUT2D eigenvalue weighted by Gasteiger charge is -1.45. The van der Waals surface area contributed by atoms with Crippen LogP contribution in [-0.2, 0) is 4.42 Å². The average molecular weight is 60.1 g/mol. The Morgan fingerprint density at radius 2 is 2.25 bits per heavy atom. The molecule has 2 nitrogen and oxygen atoms in total. The minimum Gasteiger partial charge on any atom is -0.303 e. The van der Waals surface area contributed by atoms with Gasteiger partial charge in [-0.15, -0.1) is 0 Å². The van der Waals surface area contributed by atoms with E-state index in [1.165, 1.54) is 0 Å². The maximum Gasteiger partial charge on any atom is 0.495 e. The van der Waals surface area contributed by atoms with Crippen molar-refractivity contribution < 1.29 is 9.53 Å². The largest absolute Gasteiger partial charge is 0.495 e. The molecule has 0 atom stereocenters. The van der Waals surface area contributed by atoms with Crippen LogP contribution in [0.1, 0.15) is 0 Å². The molecule has 0 aliphatic rings. The van der Waals surface area contributed by atoms with Crippen molar-refractivity contribution in [3.8, 4) is 0 Å². The van der Waals surface area contributed by atoms with Crippen LogP contribution < -0.4 is 0 Å². The highest BCUT2D eigenvalue weighted by Crippen LogP contribution is 1.43. The van der Waals surface area contributed by atoms with Crippen LogP contribution >= 0.6 is 0 Å². The predicted molar refractivity (Wildman–Crippen MR) is 13.4 cm³/mol. The molecule has 0 aromatic rings. The molecule has 0 amide bonds. The molecule has 0 saturated carbocycles. The van der Waals surface area contributed by atoms with E-state index in [-0.39, 0.29) is 0 Å². The Kier molecular flexibility index (Phi) is 2.39. The van der Waals surface area contributed by atoms with E-state index >= 15 is 0 Å². The number of hydrogen-bond acceptors (Lipinski definition) is 1. The van der Waals surface area contributed by atoms with Gasteiger partial charge < -0.3 is 5.11 Å². The van der Waals surface area contributed by atoms with E-state index < -0.39 is 0 Å². The van der Waals surface area contributed by atoms with Crippen LogP contribution in [0.2, 0.25) is 0 Å². The van der Waals surface area contributed by atoms with Crippen molar-refractivity contribution in [1.29, 1.82) is 0 Å². The van der Waals surface area contributed by atoms with Crippen molar-refractivity contribution in [2.24, 2.45) is 0 Å². The normalized spacial score (nSPS) is 6.25. The fraction of sp³-hybridized carbons (Fsp3) is 0. The number of aliphatic hydroxyl groups excluding tert-OH is 1. The van der Waals surface area contributed by atoms with Gasteiger partial charge in [-0.05, 0) is 0 Å². The summed E-state index contributed by atoms with van der Waals surface area (Å²) >= 11 is 0. The van der Waals surface area contributed by atoms with E-state index in [1.807, 2.05) is 0 Å². The highest BCUT2D eigenvalue weighted by Gasteiger charge is 1.66. The maximum absolute atomic E-state index is 7.47. The average Bonchev–Trinajstić information content (AvgIpc) is 1.37. The molecule has 0 saturated heterocycles. The molecule has 2 heteroatoms. The van der Waals surface area contributed by atoms with E-state index in [9.17, 15) is 0 Å². The molecule has 0 aliphatic carbocycles. The molecule has 4 heavy (non-hydrogen) atoms. The molecular weight excluding hydrogens is 56.0 g/mol. The second-order valence-corrected chi connectivity index (χ2v) is 0.272. The van der Waals surface area contributed by atoms with Gasteiger partial charge in [-0.1, -0.05) is 0 Å². The van der Waals surface area contributed by atoms with Crippen LogP contribution in [0.25, 0.3) is 0 Å². The summed E-state index contributed by atoms with van der Waals surface area (Å²) in [5.41, 5.74) is 0. The second kappa shape index (κ2) is 2.63. The first-order valence-electron chi connectivity index (χ1n) is 0.783. The van der Waals surface area contributed by atoms with Gasteiger partial charge in [0.15, 0.2) is 0 Å². The zero-order chi connectivity index (χ0) is 3.41. The van der Waals surface area contributed by atoms with Gasteiger partial charge in [0.2, 0.25) is 0 Å². The number of rotatable bonds is 1. The van der Waals surface area contributed by atoms with Gasteiger partial charge in [0.25, 0.3) is 6.79 Å². The molecule has 0 unspecified atom stereocenters. The molecule has 0 aliphatic heterocycles. The molecule has 0 aromatic heterocycles. The molecule has 0 bridgehead atoms. The van der Waals surface area contributed by atoms with Gasteiger partial charge in [-0.25, -0.2) is 4.42 Å². The van der Waals surface area contributed by atoms with Gasteiger partial charge in [0.05, 0.1) is 0 Å². The van der Waals surface area contributed by atoms with E-state index in [2.05, 4.69) is 11.2 Å². The first-order valence-corrected chi connectivity index (χ1v) is 0.783. The Balaban J connectivity index is 2.30. The van der Waals surface area contributed by atoms with Crippen LogP contribution in [0.5, 0.6) is 0 Å². The van der Waals surface area contributed by atoms with E-state index in [0.29, 0.717) is 6.79 Å². The third-order valence-electron chi connectivity index (χ3n) is 0.0745. The molecule has 0 aromatic carbocycles. The Morgan fingerprint density at radius 3 is 2.25 bits per heavy atom. The zero-order valence-electron chi connectivity index (χ0n) is 2.14. The summed E-state index contributed by atoms with van der Waals surface area (Å²) < 4.78 is 3.72. The van der Waals surface area contributed by atoms with E-state index in [4.69, 9.17) is 5.11 Å². The number of aliphatic hydroxyl groups is 1. The van der Waals surface area contributed by atoms with E-state index in [0.717, 1.165) is 0 Å². The lowest BCUT2D eigenvalue weighted by molar-refractivity contribution is -0.438. The molecule has 0 heterocycles. The van der Waals surface area contributed by atoms with Crippen LogP contribution in [0.15, 0.2) is 0 Å². The number of carbonyl (C=O) groups excluding carboxylic acids is 1. The standard InChI is InChI=1S/C2H4O2/c1-4-2-3/h2-3H,1H2/q+1. The first-order chi connectivity index (χ1) is 1.91. The minimum atomic E-state index is 0.514. The van der Waals surface area contributed by atoms with Crippen molar-refractivity contribution in [3.05, 3.63) is 6.79 Å². The van der Waals surface area contributed by atoms with Gasteiger partial charge in [-0.3, -0.25) is 0 Å². The SMILES string of the molecule is C=[O+][CH]O. The maximum atomic E-state index is 7.47. The number of hydrogen-bond donors (Lipinski definition) is 1. The van der Waals surface area contributed by atoms with Gasteiger partial charge in [0, 0.05) is 0 Å². The Labute approximate surface area is 24.4 Å². The molecular formula is C2H4O2+. The lowest BCUT2D eigenvalue weighted by atomic mass is 11.5. The van der Waals surface area contributed by atoms with Gasteiger partial charge >= 0.3 is 6.79 Å². The van der Waals surface area contributed by atoms with Crippen molar-refractivity contribution in [2.45, 2.75) is 0 Å². The lowest BCUT2D eigenvalue weighted by Crippen LogP contribution is -1.61. The molecule has 23 valence electrons.